The van der Waals surface area contributed by atoms with Crippen LogP contribution in [0.2, 0.25) is 0 Å². The maximum Gasteiger partial charge on any atom is 0.153 e. The summed E-state index contributed by atoms with van der Waals surface area (Å²) in [6.07, 6.45) is 1.94. The van der Waals surface area contributed by atoms with E-state index in [4.69, 9.17) is 5.73 Å². The molecule has 0 atom stereocenters. The van der Waals surface area contributed by atoms with Gasteiger partial charge in [-0.3, -0.25) is 0 Å². The molecule has 0 aliphatic carbocycles. The van der Waals surface area contributed by atoms with Crippen LogP contribution in [0.3, 0.4) is 0 Å². The molecule has 0 amide bonds. The van der Waals surface area contributed by atoms with Crippen molar-refractivity contribution in [1.82, 2.24) is 14.8 Å². The van der Waals surface area contributed by atoms with Gasteiger partial charge < -0.3 is 5.73 Å². The third-order valence-corrected chi connectivity index (χ3v) is 2.67. The molecule has 2 aromatic heterocycles. The molecule has 2 heterocycles. The Morgan fingerprint density at radius 1 is 1.35 bits per heavy atom. The van der Waals surface area contributed by atoms with Gasteiger partial charge in [-0.1, -0.05) is 13.8 Å². The van der Waals surface area contributed by atoms with E-state index in [1.807, 2.05) is 36.0 Å². The average molecular weight is 230 g/mol. The SMILES string of the molecule is Cc1cc(CN)cc(-n2ccc(C(C)C)n2)n1. The Morgan fingerprint density at radius 2 is 2.12 bits per heavy atom. The third kappa shape index (κ3) is 2.53. The van der Waals surface area contributed by atoms with Gasteiger partial charge in [-0.2, -0.15) is 5.10 Å². The Hall–Kier alpha value is -1.68. The van der Waals surface area contributed by atoms with Gasteiger partial charge in [-0.25, -0.2) is 9.67 Å². The standard InChI is InChI=1S/C13H18N4/c1-9(2)12-4-5-17(16-12)13-7-11(8-14)6-10(3)15-13/h4-7,9H,8,14H2,1-3H3. The maximum atomic E-state index is 5.66. The molecule has 0 fully saturated rings. The van der Waals surface area contributed by atoms with Crippen LogP contribution < -0.4 is 5.73 Å². The number of nitrogens with zero attached hydrogens (tertiary/aromatic N) is 3. The van der Waals surface area contributed by atoms with Gasteiger partial charge in [0.1, 0.15) is 0 Å². The van der Waals surface area contributed by atoms with Crippen molar-refractivity contribution < 1.29 is 0 Å². The van der Waals surface area contributed by atoms with Gasteiger partial charge in [0.2, 0.25) is 0 Å². The molecule has 0 saturated carbocycles. The Labute approximate surface area is 101 Å². The highest BCUT2D eigenvalue weighted by Crippen LogP contribution is 2.14. The van der Waals surface area contributed by atoms with Crippen LogP contribution in [-0.2, 0) is 6.54 Å². The van der Waals surface area contributed by atoms with Crippen molar-refractivity contribution in [1.29, 1.82) is 0 Å². The molecule has 0 bridgehead atoms. The third-order valence-electron chi connectivity index (χ3n) is 2.67. The minimum absolute atomic E-state index is 0.426. The zero-order valence-electron chi connectivity index (χ0n) is 10.5. The van der Waals surface area contributed by atoms with E-state index in [2.05, 4.69) is 23.9 Å². The highest BCUT2D eigenvalue weighted by atomic mass is 15.3. The molecular formula is C13H18N4. The fourth-order valence-electron chi connectivity index (χ4n) is 1.73. The molecule has 0 radical (unpaired) electrons. The van der Waals surface area contributed by atoms with Gasteiger partial charge in [0.25, 0.3) is 0 Å². The first-order valence-corrected chi connectivity index (χ1v) is 5.83. The van der Waals surface area contributed by atoms with Crippen molar-refractivity contribution >= 4 is 0 Å². The Bertz CT molecular complexity index is 514. The van der Waals surface area contributed by atoms with Gasteiger partial charge in [0.15, 0.2) is 5.82 Å². The van der Waals surface area contributed by atoms with E-state index in [0.29, 0.717) is 12.5 Å². The number of aromatic nitrogens is 3. The summed E-state index contributed by atoms with van der Waals surface area (Å²) in [5.41, 5.74) is 8.77. The molecule has 0 aliphatic heterocycles. The summed E-state index contributed by atoms with van der Waals surface area (Å²) in [6, 6.07) is 6.00. The Kier molecular flexibility index (Phi) is 3.24. The van der Waals surface area contributed by atoms with Crippen molar-refractivity contribution in [2.75, 3.05) is 0 Å². The van der Waals surface area contributed by atoms with E-state index in [1.165, 1.54) is 0 Å². The predicted octanol–water partition coefficient (Wildman–Crippen LogP) is 2.16. The molecule has 4 heteroatoms. The number of aryl methyl sites for hydroxylation is 1. The van der Waals surface area contributed by atoms with Gasteiger partial charge in [0, 0.05) is 18.4 Å². The van der Waals surface area contributed by atoms with Crippen LogP contribution in [0.1, 0.15) is 36.7 Å². The largest absolute Gasteiger partial charge is 0.326 e. The van der Waals surface area contributed by atoms with Crippen LogP contribution in [0.5, 0.6) is 0 Å². The van der Waals surface area contributed by atoms with Crippen molar-refractivity contribution in [2.24, 2.45) is 5.73 Å². The second kappa shape index (κ2) is 4.67. The molecule has 2 rings (SSSR count). The highest BCUT2D eigenvalue weighted by Gasteiger charge is 2.06. The zero-order valence-corrected chi connectivity index (χ0v) is 10.5. The molecule has 0 aliphatic rings. The number of rotatable bonds is 3. The fourth-order valence-corrected chi connectivity index (χ4v) is 1.73. The molecule has 17 heavy (non-hydrogen) atoms. The number of nitrogens with two attached hydrogens (primary N) is 1. The van der Waals surface area contributed by atoms with E-state index in [-0.39, 0.29) is 0 Å². The van der Waals surface area contributed by atoms with Crippen LogP contribution in [0.15, 0.2) is 24.4 Å². The molecule has 0 saturated heterocycles. The Balaban J connectivity index is 2.41. The average Bonchev–Trinajstić information content (AvgIpc) is 2.77. The lowest BCUT2D eigenvalue weighted by Gasteiger charge is -2.05. The summed E-state index contributed by atoms with van der Waals surface area (Å²) < 4.78 is 1.81. The highest BCUT2D eigenvalue weighted by molar-refractivity contribution is 5.30. The normalized spacial score (nSPS) is 11.1. The van der Waals surface area contributed by atoms with E-state index in [1.54, 1.807) is 0 Å². The molecule has 2 aromatic rings. The first-order chi connectivity index (χ1) is 8.10. The van der Waals surface area contributed by atoms with Crippen LogP contribution in [0, 0.1) is 6.92 Å². The van der Waals surface area contributed by atoms with E-state index in [0.717, 1.165) is 22.8 Å². The predicted molar refractivity (Wildman–Crippen MR) is 68.1 cm³/mol. The van der Waals surface area contributed by atoms with Crippen molar-refractivity contribution in [3.8, 4) is 5.82 Å². The molecule has 2 N–H and O–H groups in total. The topological polar surface area (TPSA) is 56.7 Å². The van der Waals surface area contributed by atoms with Crippen molar-refractivity contribution in [2.45, 2.75) is 33.2 Å². The molecule has 90 valence electrons. The molecular weight excluding hydrogens is 212 g/mol. The van der Waals surface area contributed by atoms with E-state index < -0.39 is 0 Å². The zero-order chi connectivity index (χ0) is 12.4. The first-order valence-electron chi connectivity index (χ1n) is 5.83. The van der Waals surface area contributed by atoms with Crippen LogP contribution in [0.4, 0.5) is 0 Å². The molecule has 0 aromatic carbocycles. The lowest BCUT2D eigenvalue weighted by Crippen LogP contribution is -2.04. The minimum Gasteiger partial charge on any atom is -0.326 e. The summed E-state index contributed by atoms with van der Waals surface area (Å²) >= 11 is 0. The molecule has 0 unspecified atom stereocenters. The van der Waals surface area contributed by atoms with Gasteiger partial charge in [-0.15, -0.1) is 0 Å². The van der Waals surface area contributed by atoms with Crippen LogP contribution in [0.25, 0.3) is 5.82 Å². The van der Waals surface area contributed by atoms with Crippen LogP contribution >= 0.6 is 0 Å². The van der Waals surface area contributed by atoms with Gasteiger partial charge >= 0.3 is 0 Å². The quantitative estimate of drug-likeness (QED) is 0.879. The summed E-state index contributed by atoms with van der Waals surface area (Å²) in [5, 5.41) is 4.51. The maximum absolute atomic E-state index is 5.66. The van der Waals surface area contributed by atoms with Gasteiger partial charge in [-0.05, 0) is 36.6 Å². The monoisotopic (exact) mass is 230 g/mol. The number of hydrogen-bond acceptors (Lipinski definition) is 3. The lowest BCUT2D eigenvalue weighted by atomic mass is 10.1. The first kappa shape index (κ1) is 11.8. The summed E-state index contributed by atoms with van der Waals surface area (Å²) in [6.45, 7) is 6.74. The second-order valence-electron chi connectivity index (χ2n) is 4.52. The summed E-state index contributed by atoms with van der Waals surface area (Å²) in [4.78, 5) is 4.47. The lowest BCUT2D eigenvalue weighted by molar-refractivity contribution is 0.754. The smallest absolute Gasteiger partial charge is 0.153 e. The van der Waals surface area contributed by atoms with Gasteiger partial charge in [0.05, 0.1) is 5.69 Å². The summed E-state index contributed by atoms with van der Waals surface area (Å²) in [7, 11) is 0. The van der Waals surface area contributed by atoms with Crippen LogP contribution in [-0.4, -0.2) is 14.8 Å². The molecule has 0 spiro atoms. The summed E-state index contributed by atoms with van der Waals surface area (Å²) in [5.74, 6) is 1.26. The molecule has 4 nitrogen and oxygen atoms in total. The van der Waals surface area contributed by atoms with Crippen molar-refractivity contribution in [3.05, 3.63) is 41.3 Å². The van der Waals surface area contributed by atoms with E-state index >= 15 is 0 Å². The fraction of sp³-hybridized carbons (Fsp3) is 0.385. The number of hydrogen-bond donors (Lipinski definition) is 1. The Morgan fingerprint density at radius 3 is 2.71 bits per heavy atom. The van der Waals surface area contributed by atoms with Crippen molar-refractivity contribution in [3.63, 3.8) is 0 Å². The van der Waals surface area contributed by atoms with E-state index in [9.17, 15) is 0 Å². The minimum atomic E-state index is 0.426. The second-order valence-corrected chi connectivity index (χ2v) is 4.52. The number of pyridine rings is 1.